The number of benzene rings is 2. The Labute approximate surface area is 268 Å². The minimum atomic E-state index is -0.534. The smallest absolute Gasteiger partial charge is 0.357 e. The number of aromatic nitrogens is 2. The summed E-state index contributed by atoms with van der Waals surface area (Å²) in [7, 11) is 1.32. The quantitative estimate of drug-likeness (QED) is 0.104. The van der Waals surface area contributed by atoms with Gasteiger partial charge in [0.05, 0.1) is 30.5 Å². The first-order valence-corrected chi connectivity index (χ1v) is 16.0. The molecule has 7 N–H and O–H groups in total. The third kappa shape index (κ3) is 7.37. The van der Waals surface area contributed by atoms with Crippen LogP contribution in [0.4, 0.5) is 14.7 Å². The zero-order valence-corrected chi connectivity index (χ0v) is 26.6. The van der Waals surface area contributed by atoms with Gasteiger partial charge in [-0.25, -0.2) is 19.2 Å². The maximum absolute atomic E-state index is 14.4. The molecule has 0 aliphatic carbocycles. The van der Waals surface area contributed by atoms with Gasteiger partial charge in [-0.15, -0.1) is 11.3 Å². The molecular weight excluding hydrogens is 614 g/mol. The number of fused-ring (bicyclic) bond motifs is 1. The Morgan fingerprint density at radius 3 is 2.78 bits per heavy atom. The zero-order valence-electron chi connectivity index (χ0n) is 25.0. The van der Waals surface area contributed by atoms with Crippen molar-refractivity contribution in [3.8, 4) is 17.6 Å². The second-order valence-corrected chi connectivity index (χ2v) is 12.2. The Morgan fingerprint density at radius 1 is 1.20 bits per heavy atom. The van der Waals surface area contributed by atoms with Crippen LogP contribution < -0.4 is 32.2 Å². The van der Waals surface area contributed by atoms with Gasteiger partial charge in [-0.05, 0) is 74.1 Å². The molecule has 13 heteroatoms. The summed E-state index contributed by atoms with van der Waals surface area (Å²) in [6.45, 7) is 3.00. The first-order chi connectivity index (χ1) is 21.8. The fraction of sp³-hybridized carbons (Fsp3) is 0.281. The molecular formula is C32H34FN7O3S2. The summed E-state index contributed by atoms with van der Waals surface area (Å²) in [4.78, 5) is 24.5. The normalized spacial score (nSPS) is 13.7. The van der Waals surface area contributed by atoms with Crippen molar-refractivity contribution in [2.24, 2.45) is 17.2 Å². The van der Waals surface area contributed by atoms with E-state index in [1.54, 1.807) is 12.1 Å². The maximum Gasteiger partial charge on any atom is 0.357 e. The third-order valence-corrected chi connectivity index (χ3v) is 9.26. The summed E-state index contributed by atoms with van der Waals surface area (Å²) in [5.74, 6) is 5.59. The Balaban J connectivity index is 1.30. The monoisotopic (exact) mass is 647 g/mol. The highest BCUT2D eigenvalue weighted by Gasteiger charge is 2.27. The highest BCUT2D eigenvalue weighted by atomic mass is 32.1. The van der Waals surface area contributed by atoms with E-state index >= 15 is 0 Å². The van der Waals surface area contributed by atoms with E-state index in [-0.39, 0.29) is 24.6 Å². The van der Waals surface area contributed by atoms with Crippen LogP contribution in [0.3, 0.4) is 0 Å². The number of hydrogen-bond acceptors (Lipinski definition) is 12. The molecule has 5 rings (SSSR count). The summed E-state index contributed by atoms with van der Waals surface area (Å²) in [5.41, 5.74) is 22.0. The number of hydrogen-bond donors (Lipinski definition) is 4. The van der Waals surface area contributed by atoms with Crippen LogP contribution in [0, 0.1) is 17.7 Å². The molecule has 0 unspecified atom stereocenters. The summed E-state index contributed by atoms with van der Waals surface area (Å²) in [5, 5.41) is 4.52. The highest BCUT2D eigenvalue weighted by molar-refractivity contribution is 7.22. The number of aryl methyl sites for hydroxylation is 1. The minimum absolute atomic E-state index is 0.130. The second kappa shape index (κ2) is 14.4. The summed E-state index contributed by atoms with van der Waals surface area (Å²) in [6, 6.07) is 12.4. The van der Waals surface area contributed by atoms with E-state index in [4.69, 9.17) is 26.7 Å². The lowest BCUT2D eigenvalue weighted by Crippen LogP contribution is -2.34. The van der Waals surface area contributed by atoms with E-state index < -0.39 is 11.8 Å². The predicted octanol–water partition coefficient (Wildman–Crippen LogP) is 5.07. The van der Waals surface area contributed by atoms with Gasteiger partial charge in [0, 0.05) is 17.0 Å². The molecule has 0 radical (unpaired) electrons. The van der Waals surface area contributed by atoms with Crippen molar-refractivity contribution in [1.29, 1.82) is 0 Å². The molecule has 0 amide bonds. The van der Waals surface area contributed by atoms with Crippen LogP contribution in [0.25, 0.3) is 10.2 Å². The fourth-order valence-corrected chi connectivity index (χ4v) is 6.85. The van der Waals surface area contributed by atoms with Crippen LogP contribution >= 0.6 is 22.7 Å². The number of nitrogens with zero attached hydrogens (tertiary/aromatic N) is 3. The molecule has 0 atom stereocenters. The summed E-state index contributed by atoms with van der Waals surface area (Å²) in [6.07, 6.45) is 2.56. The fourth-order valence-electron chi connectivity index (χ4n) is 4.84. The molecule has 2 aromatic heterocycles. The number of nitrogens with one attached hydrogen (secondary N) is 1. The van der Waals surface area contributed by atoms with Crippen LogP contribution in [0.2, 0.25) is 0 Å². The number of para-hydroxylation sites is 1. The average molecular weight is 648 g/mol. The van der Waals surface area contributed by atoms with E-state index in [1.807, 2.05) is 36.1 Å². The van der Waals surface area contributed by atoms with Crippen molar-refractivity contribution in [3.63, 3.8) is 0 Å². The highest BCUT2D eigenvalue weighted by Crippen LogP contribution is 2.35. The van der Waals surface area contributed by atoms with Gasteiger partial charge in [-0.3, -0.25) is 0 Å². The number of esters is 1. The van der Waals surface area contributed by atoms with Crippen molar-refractivity contribution in [2.75, 3.05) is 37.0 Å². The van der Waals surface area contributed by atoms with Gasteiger partial charge in [0.1, 0.15) is 11.6 Å². The molecule has 45 heavy (non-hydrogen) atoms. The van der Waals surface area contributed by atoms with Crippen LogP contribution in [0.15, 0.2) is 65.3 Å². The largest absolute Gasteiger partial charge is 0.491 e. The van der Waals surface area contributed by atoms with Gasteiger partial charge >= 0.3 is 5.97 Å². The van der Waals surface area contributed by atoms with Gasteiger partial charge in [-0.2, -0.15) is 0 Å². The van der Waals surface area contributed by atoms with E-state index in [0.717, 1.165) is 39.1 Å². The van der Waals surface area contributed by atoms with Gasteiger partial charge in [0.25, 0.3) is 0 Å². The van der Waals surface area contributed by atoms with Crippen LogP contribution in [0.1, 0.15) is 47.1 Å². The Bertz CT molecular complexity index is 1800. The molecule has 0 fully saturated rings. The first kappa shape index (κ1) is 31.8. The van der Waals surface area contributed by atoms with E-state index in [0.29, 0.717) is 46.9 Å². The number of anilines is 2. The molecule has 4 aromatic rings. The maximum atomic E-state index is 14.4. The van der Waals surface area contributed by atoms with Crippen molar-refractivity contribution in [3.05, 3.63) is 87.2 Å². The van der Waals surface area contributed by atoms with Gasteiger partial charge < -0.3 is 36.9 Å². The SMILES string of the molecule is COC(=O)c1nc(N2CCCC(/C(C)=C(\N)Nc3nc4ccccc4s3)=C2N)sc1CCCOc1ccc(C#CCN)cc1F. The number of halogens is 1. The number of carbonyl (C=O) groups is 1. The number of rotatable bonds is 10. The van der Waals surface area contributed by atoms with Gasteiger partial charge in [0.15, 0.2) is 27.5 Å². The van der Waals surface area contributed by atoms with Crippen LogP contribution in [-0.4, -0.2) is 42.7 Å². The zero-order chi connectivity index (χ0) is 31.9. The lowest BCUT2D eigenvalue weighted by Gasteiger charge is -2.30. The molecule has 0 saturated heterocycles. The molecule has 1 aliphatic heterocycles. The van der Waals surface area contributed by atoms with Crippen LogP contribution in [-0.2, 0) is 11.2 Å². The lowest BCUT2D eigenvalue weighted by molar-refractivity contribution is 0.0593. The summed E-state index contributed by atoms with van der Waals surface area (Å²) < 4.78 is 26.2. The minimum Gasteiger partial charge on any atom is -0.491 e. The molecule has 10 nitrogen and oxygen atoms in total. The number of ether oxygens (including phenoxy) is 2. The Hall–Kier alpha value is -4.64. The average Bonchev–Trinajstić information content (AvgIpc) is 3.66. The number of thiazole rings is 2. The number of carbonyl (C=O) groups excluding carboxylic acids is 1. The van der Waals surface area contributed by atoms with E-state index in [1.165, 1.54) is 35.8 Å². The lowest BCUT2D eigenvalue weighted by atomic mass is 9.99. The second-order valence-electron chi connectivity index (χ2n) is 10.1. The number of allylic oxidation sites excluding steroid dienone is 2. The Morgan fingerprint density at radius 2 is 2.02 bits per heavy atom. The molecule has 2 aromatic carbocycles. The van der Waals surface area contributed by atoms with Gasteiger partial charge in [-0.1, -0.05) is 35.3 Å². The standard InChI is InChI=1S/C32H34FN7O3S2/c1-19(28(35)39-31-37-23-10-3-4-11-25(23)44-31)21-9-6-16-40(29(21)36)32-38-27(30(41)42-2)26(45-32)12-7-17-43-24-14-13-20(8-5-15-34)18-22(24)33/h3-4,10-11,13-14,18H,6-7,9,12,15-17,34-36H2,1-2H3,(H,37,39)/b28-19+. The Kier molecular flexibility index (Phi) is 10.2. The molecule has 0 bridgehead atoms. The third-order valence-electron chi connectivity index (χ3n) is 7.17. The molecule has 1 aliphatic rings. The molecule has 234 valence electrons. The van der Waals surface area contributed by atoms with Crippen molar-refractivity contribution in [2.45, 2.75) is 32.6 Å². The molecule has 0 spiro atoms. The van der Waals surface area contributed by atoms with Crippen molar-refractivity contribution in [1.82, 2.24) is 9.97 Å². The molecule has 0 saturated carbocycles. The molecule has 3 heterocycles. The van der Waals surface area contributed by atoms with E-state index in [9.17, 15) is 9.18 Å². The summed E-state index contributed by atoms with van der Waals surface area (Å²) >= 11 is 2.90. The number of nitrogens with two attached hydrogens (primary N) is 3. The topological polar surface area (TPSA) is 155 Å². The predicted molar refractivity (Wildman–Crippen MR) is 178 cm³/mol. The first-order valence-electron chi connectivity index (χ1n) is 14.3. The van der Waals surface area contributed by atoms with Crippen LogP contribution in [0.5, 0.6) is 5.75 Å². The number of methoxy groups -OCH3 is 1. The van der Waals surface area contributed by atoms with E-state index in [2.05, 4.69) is 27.1 Å². The van der Waals surface area contributed by atoms with Crippen molar-refractivity contribution >= 4 is 49.1 Å². The van der Waals surface area contributed by atoms with Crippen molar-refractivity contribution < 1.29 is 18.7 Å². The van der Waals surface area contributed by atoms with Gasteiger partial charge in [0.2, 0.25) is 0 Å².